The van der Waals surface area contributed by atoms with Crippen molar-refractivity contribution in [3.05, 3.63) is 48.0 Å². The Hall–Kier alpha value is -2.50. The van der Waals surface area contributed by atoms with Crippen molar-refractivity contribution in [2.75, 3.05) is 6.61 Å². The van der Waals surface area contributed by atoms with E-state index in [1.807, 2.05) is 0 Å². The lowest BCUT2D eigenvalue weighted by molar-refractivity contribution is -0.170. The summed E-state index contributed by atoms with van der Waals surface area (Å²) in [6.07, 6.45) is 0. The van der Waals surface area contributed by atoms with E-state index in [0.29, 0.717) is 5.39 Å². The number of fused-ring (bicyclic) bond motifs is 1. The fourth-order valence-electron chi connectivity index (χ4n) is 1.70. The number of benzene rings is 2. The lowest BCUT2D eigenvalue weighted by atomic mass is 10.1. The van der Waals surface area contributed by atoms with Crippen LogP contribution in [0.5, 0.6) is 0 Å². The predicted molar refractivity (Wildman–Crippen MR) is 66.8 cm³/mol. The number of carboxylic acid groups (broad SMARTS) is 1. The minimum Gasteiger partial charge on any atom is -0.477 e. The van der Waals surface area contributed by atoms with E-state index in [2.05, 4.69) is 4.74 Å². The zero-order valence-corrected chi connectivity index (χ0v) is 10.2. The van der Waals surface area contributed by atoms with Crippen LogP contribution in [0, 0.1) is 0 Å². The quantitative estimate of drug-likeness (QED) is 0.875. The topological polar surface area (TPSA) is 63.6 Å². The number of hydrogen-bond acceptors (Lipinski definition) is 3. The lowest BCUT2D eigenvalue weighted by Gasteiger charge is -2.12. The zero-order chi connectivity index (χ0) is 14.8. The van der Waals surface area contributed by atoms with Gasteiger partial charge >= 0.3 is 17.9 Å². The number of alkyl halides is 2. The molecule has 0 aliphatic rings. The van der Waals surface area contributed by atoms with E-state index < -0.39 is 24.5 Å². The van der Waals surface area contributed by atoms with E-state index in [1.165, 1.54) is 6.07 Å². The molecule has 0 amide bonds. The highest BCUT2D eigenvalue weighted by Crippen LogP contribution is 2.20. The van der Waals surface area contributed by atoms with Crippen molar-refractivity contribution in [3.63, 3.8) is 0 Å². The summed E-state index contributed by atoms with van der Waals surface area (Å²) in [5.74, 6) is -7.41. The average Bonchev–Trinajstić information content (AvgIpc) is 2.44. The number of carbonyl (C=O) groups is 2. The van der Waals surface area contributed by atoms with Crippen molar-refractivity contribution < 1.29 is 28.2 Å². The Morgan fingerprint density at radius 3 is 2.45 bits per heavy atom. The SMILES string of the molecule is O=C(OCC(F)(F)C(=O)O)c1cccc2ccccc12. The largest absolute Gasteiger partial charge is 0.477 e. The summed E-state index contributed by atoms with van der Waals surface area (Å²) in [5.41, 5.74) is 0.115. The average molecular weight is 280 g/mol. The van der Waals surface area contributed by atoms with Crippen molar-refractivity contribution in [3.8, 4) is 0 Å². The van der Waals surface area contributed by atoms with Gasteiger partial charge in [0.2, 0.25) is 0 Å². The zero-order valence-electron chi connectivity index (χ0n) is 10.2. The molecule has 4 nitrogen and oxygen atoms in total. The summed E-state index contributed by atoms with van der Waals surface area (Å²) < 4.78 is 30.1. The first-order valence-corrected chi connectivity index (χ1v) is 5.68. The Labute approximate surface area is 112 Å². The molecular formula is C14H10F2O4. The van der Waals surface area contributed by atoms with Crippen LogP contribution in [0.25, 0.3) is 10.8 Å². The molecule has 0 saturated carbocycles. The Bertz CT molecular complexity index is 662. The van der Waals surface area contributed by atoms with Crippen LogP contribution in [0.3, 0.4) is 0 Å². The van der Waals surface area contributed by atoms with Crippen molar-refractivity contribution >= 4 is 22.7 Å². The van der Waals surface area contributed by atoms with Crippen LogP contribution in [-0.2, 0) is 9.53 Å². The van der Waals surface area contributed by atoms with Crippen molar-refractivity contribution in [1.29, 1.82) is 0 Å². The van der Waals surface area contributed by atoms with Gasteiger partial charge in [0.1, 0.15) is 0 Å². The third-order valence-corrected chi connectivity index (χ3v) is 2.71. The third-order valence-electron chi connectivity index (χ3n) is 2.71. The van der Waals surface area contributed by atoms with Crippen LogP contribution >= 0.6 is 0 Å². The fourth-order valence-corrected chi connectivity index (χ4v) is 1.70. The molecule has 0 unspecified atom stereocenters. The number of esters is 1. The van der Waals surface area contributed by atoms with Crippen LogP contribution in [-0.4, -0.2) is 29.6 Å². The van der Waals surface area contributed by atoms with Crippen LogP contribution < -0.4 is 0 Å². The van der Waals surface area contributed by atoms with Crippen LogP contribution in [0.1, 0.15) is 10.4 Å². The maximum Gasteiger partial charge on any atom is 0.378 e. The van der Waals surface area contributed by atoms with Gasteiger partial charge in [0.15, 0.2) is 6.61 Å². The Morgan fingerprint density at radius 1 is 1.10 bits per heavy atom. The number of ether oxygens (including phenoxy) is 1. The fraction of sp³-hybridized carbons (Fsp3) is 0.143. The first kappa shape index (κ1) is 13.9. The molecule has 20 heavy (non-hydrogen) atoms. The van der Waals surface area contributed by atoms with E-state index in [0.717, 1.165) is 5.39 Å². The molecule has 0 bridgehead atoms. The molecule has 2 rings (SSSR count). The molecule has 0 saturated heterocycles. The maximum atomic E-state index is 12.9. The number of carboxylic acids is 1. The lowest BCUT2D eigenvalue weighted by Crippen LogP contribution is -2.34. The van der Waals surface area contributed by atoms with Gasteiger partial charge in [0, 0.05) is 0 Å². The molecule has 0 atom stereocenters. The van der Waals surface area contributed by atoms with E-state index in [-0.39, 0.29) is 5.56 Å². The summed E-state index contributed by atoms with van der Waals surface area (Å²) in [6, 6.07) is 11.7. The summed E-state index contributed by atoms with van der Waals surface area (Å²) in [4.78, 5) is 22.0. The van der Waals surface area contributed by atoms with Crippen molar-refractivity contribution in [2.24, 2.45) is 0 Å². The molecule has 0 aliphatic carbocycles. The van der Waals surface area contributed by atoms with Crippen molar-refractivity contribution in [2.45, 2.75) is 5.92 Å². The number of carbonyl (C=O) groups excluding carboxylic acids is 1. The molecule has 0 aliphatic heterocycles. The van der Waals surface area contributed by atoms with E-state index in [9.17, 15) is 18.4 Å². The van der Waals surface area contributed by atoms with Gasteiger partial charge in [-0.2, -0.15) is 8.78 Å². The number of aliphatic carboxylic acids is 1. The monoisotopic (exact) mass is 280 g/mol. The molecule has 0 fully saturated rings. The van der Waals surface area contributed by atoms with E-state index in [1.54, 1.807) is 36.4 Å². The first-order valence-electron chi connectivity index (χ1n) is 5.68. The number of halogens is 2. The second-order valence-electron chi connectivity index (χ2n) is 4.11. The number of rotatable bonds is 4. The normalized spacial score (nSPS) is 11.3. The van der Waals surface area contributed by atoms with Crippen LogP contribution in [0.15, 0.2) is 42.5 Å². The molecule has 0 radical (unpaired) electrons. The molecule has 0 aromatic heterocycles. The highest BCUT2D eigenvalue weighted by atomic mass is 19.3. The minimum absolute atomic E-state index is 0.115. The highest BCUT2D eigenvalue weighted by molar-refractivity contribution is 6.04. The summed E-state index contributed by atoms with van der Waals surface area (Å²) >= 11 is 0. The Morgan fingerprint density at radius 2 is 1.75 bits per heavy atom. The van der Waals surface area contributed by atoms with E-state index >= 15 is 0 Å². The summed E-state index contributed by atoms with van der Waals surface area (Å²) in [7, 11) is 0. The predicted octanol–water partition coefficient (Wildman–Crippen LogP) is 2.72. The molecule has 6 heteroatoms. The second kappa shape index (κ2) is 5.24. The molecular weight excluding hydrogens is 270 g/mol. The minimum atomic E-state index is -4.10. The molecule has 2 aromatic rings. The van der Waals surface area contributed by atoms with Gasteiger partial charge in [-0.15, -0.1) is 0 Å². The Balaban J connectivity index is 2.22. The van der Waals surface area contributed by atoms with Gasteiger partial charge in [-0.25, -0.2) is 9.59 Å². The third kappa shape index (κ3) is 2.74. The first-order chi connectivity index (χ1) is 9.42. The molecule has 2 aromatic carbocycles. The van der Waals surface area contributed by atoms with Crippen LogP contribution in [0.2, 0.25) is 0 Å². The van der Waals surface area contributed by atoms with E-state index in [4.69, 9.17) is 5.11 Å². The molecule has 104 valence electrons. The van der Waals surface area contributed by atoms with Gasteiger partial charge in [0.05, 0.1) is 5.56 Å². The van der Waals surface area contributed by atoms with Gasteiger partial charge < -0.3 is 9.84 Å². The van der Waals surface area contributed by atoms with Gasteiger partial charge in [-0.05, 0) is 16.8 Å². The van der Waals surface area contributed by atoms with Gasteiger partial charge in [-0.3, -0.25) is 0 Å². The summed E-state index contributed by atoms with van der Waals surface area (Å²) in [6.45, 7) is -1.50. The summed E-state index contributed by atoms with van der Waals surface area (Å²) in [5, 5.41) is 9.57. The number of hydrogen-bond donors (Lipinski definition) is 1. The molecule has 0 spiro atoms. The Kier molecular flexibility index (Phi) is 3.65. The standard InChI is InChI=1S/C14H10F2O4/c15-14(16,13(18)19)8-20-12(17)11-7-3-5-9-4-1-2-6-10(9)11/h1-7H,8H2,(H,18,19). The second-order valence-corrected chi connectivity index (χ2v) is 4.11. The smallest absolute Gasteiger partial charge is 0.378 e. The van der Waals surface area contributed by atoms with Crippen molar-refractivity contribution in [1.82, 2.24) is 0 Å². The highest BCUT2D eigenvalue weighted by Gasteiger charge is 2.40. The maximum absolute atomic E-state index is 12.9. The molecule has 0 heterocycles. The van der Waals surface area contributed by atoms with Gasteiger partial charge in [0.25, 0.3) is 0 Å². The van der Waals surface area contributed by atoms with Crippen LogP contribution in [0.4, 0.5) is 8.78 Å². The molecule has 1 N–H and O–H groups in total. The van der Waals surface area contributed by atoms with Gasteiger partial charge in [-0.1, -0.05) is 36.4 Å².